The number of halogens is 2. The van der Waals surface area contributed by atoms with Gasteiger partial charge in [0.1, 0.15) is 17.5 Å². The van der Waals surface area contributed by atoms with Crippen molar-refractivity contribution < 1.29 is 13.6 Å². The normalized spacial score (nSPS) is 10.9. The lowest BCUT2D eigenvalue weighted by Gasteiger charge is -2.07. The first-order valence-corrected chi connectivity index (χ1v) is 9.51. The molecule has 4 rings (SSSR count). The van der Waals surface area contributed by atoms with E-state index in [1.807, 2.05) is 12.3 Å². The Balaban J connectivity index is 1.64. The Morgan fingerprint density at radius 1 is 1.26 bits per heavy atom. The summed E-state index contributed by atoms with van der Waals surface area (Å²) in [4.78, 5) is 21.2. The summed E-state index contributed by atoms with van der Waals surface area (Å²) in [6.45, 7) is 1.82. The molecule has 136 valence electrons. The lowest BCUT2D eigenvalue weighted by molar-refractivity contribution is 0.0995. The molecule has 1 N–H and O–H groups in total. The summed E-state index contributed by atoms with van der Waals surface area (Å²) < 4.78 is 20.6. The van der Waals surface area contributed by atoms with E-state index in [1.54, 1.807) is 35.0 Å². The summed E-state index contributed by atoms with van der Waals surface area (Å²) in [5, 5.41) is 5.29. The summed E-state index contributed by atoms with van der Waals surface area (Å²) in [7, 11) is 0. The first-order chi connectivity index (χ1) is 13.0. The number of hydrogen-bond acceptors (Lipinski definition) is 5. The number of aryl methyl sites for hydroxylation is 1. The number of hydrogen-bond donors (Lipinski definition) is 1. The number of thiazole rings is 1. The molecule has 0 bridgehead atoms. The van der Waals surface area contributed by atoms with Crippen molar-refractivity contribution in [3.63, 3.8) is 0 Å². The number of nitrogens with one attached hydrogen (secondary N) is 1. The minimum atomic E-state index is -0.392. The van der Waals surface area contributed by atoms with Crippen LogP contribution in [0.1, 0.15) is 16.4 Å². The van der Waals surface area contributed by atoms with Crippen molar-refractivity contribution in [1.82, 2.24) is 14.5 Å². The molecule has 0 saturated heterocycles. The van der Waals surface area contributed by atoms with Crippen LogP contribution in [0.4, 0.5) is 10.2 Å². The number of rotatable bonds is 4. The van der Waals surface area contributed by atoms with Gasteiger partial charge in [0.05, 0.1) is 11.9 Å². The fourth-order valence-corrected chi connectivity index (χ4v) is 3.71. The third-order valence-electron chi connectivity index (χ3n) is 3.80. The van der Waals surface area contributed by atoms with Crippen LogP contribution in [-0.4, -0.2) is 20.4 Å². The number of furan rings is 1. The molecule has 0 radical (unpaired) electrons. The van der Waals surface area contributed by atoms with Crippen LogP contribution in [0.3, 0.4) is 0 Å². The van der Waals surface area contributed by atoms with Crippen LogP contribution in [-0.2, 0) is 0 Å². The van der Waals surface area contributed by atoms with E-state index in [0.29, 0.717) is 21.4 Å². The molecule has 9 heteroatoms. The van der Waals surface area contributed by atoms with Gasteiger partial charge < -0.3 is 9.73 Å². The number of carbonyl (C=O) groups excluding carboxylic acids is 1. The molecule has 0 spiro atoms. The standard InChI is InChI=1S/C18H12BrFN4O2S/c1-10-21-8-16(23-17(25)14-6-7-15(19)26-14)24(10)18-22-13(9-27-18)11-2-4-12(20)5-3-11/h2-9H,1H3,(H,23,25). The van der Waals surface area contributed by atoms with Gasteiger partial charge in [-0.25, -0.2) is 14.4 Å². The number of nitrogens with zero attached hydrogens (tertiary/aromatic N) is 3. The SMILES string of the molecule is Cc1ncc(NC(=O)c2ccc(Br)o2)n1-c1nc(-c2ccc(F)cc2)cs1. The van der Waals surface area contributed by atoms with E-state index in [1.165, 1.54) is 23.5 Å². The van der Waals surface area contributed by atoms with Gasteiger partial charge in [0.15, 0.2) is 15.6 Å². The lowest BCUT2D eigenvalue weighted by Crippen LogP contribution is -2.14. The molecule has 0 aliphatic rings. The van der Waals surface area contributed by atoms with E-state index in [4.69, 9.17) is 4.42 Å². The number of amides is 1. The van der Waals surface area contributed by atoms with Gasteiger partial charge in [-0.2, -0.15) is 0 Å². The largest absolute Gasteiger partial charge is 0.444 e. The minimum Gasteiger partial charge on any atom is -0.444 e. The number of imidazole rings is 1. The molecule has 0 aliphatic heterocycles. The average Bonchev–Trinajstić information content (AvgIpc) is 3.36. The Hall–Kier alpha value is -2.78. The van der Waals surface area contributed by atoms with Gasteiger partial charge in [-0.1, -0.05) is 0 Å². The molecule has 0 atom stereocenters. The summed E-state index contributed by atoms with van der Waals surface area (Å²) in [5.41, 5.74) is 1.53. The van der Waals surface area contributed by atoms with Crippen molar-refractivity contribution >= 4 is 39.0 Å². The van der Waals surface area contributed by atoms with Gasteiger partial charge in [-0.05, 0) is 59.3 Å². The molecule has 0 saturated carbocycles. The van der Waals surface area contributed by atoms with Crippen molar-refractivity contribution in [1.29, 1.82) is 0 Å². The van der Waals surface area contributed by atoms with Crippen molar-refractivity contribution in [3.05, 3.63) is 70.0 Å². The van der Waals surface area contributed by atoms with Crippen LogP contribution in [0.2, 0.25) is 0 Å². The summed E-state index contributed by atoms with van der Waals surface area (Å²) in [6, 6.07) is 9.35. The van der Waals surface area contributed by atoms with Crippen molar-refractivity contribution in [2.24, 2.45) is 0 Å². The van der Waals surface area contributed by atoms with Crippen molar-refractivity contribution in [2.45, 2.75) is 6.92 Å². The van der Waals surface area contributed by atoms with Crippen LogP contribution < -0.4 is 5.32 Å². The maximum atomic E-state index is 13.1. The molecule has 3 aromatic heterocycles. The van der Waals surface area contributed by atoms with Crippen LogP contribution in [0.25, 0.3) is 16.4 Å². The molecule has 4 aromatic rings. The Kier molecular flexibility index (Phi) is 4.63. The molecular weight excluding hydrogens is 435 g/mol. The Morgan fingerprint density at radius 3 is 2.74 bits per heavy atom. The second kappa shape index (κ2) is 7.09. The highest BCUT2D eigenvalue weighted by Gasteiger charge is 2.17. The number of anilines is 1. The summed E-state index contributed by atoms with van der Waals surface area (Å²) in [6.07, 6.45) is 1.56. The van der Waals surface area contributed by atoms with Gasteiger partial charge in [0, 0.05) is 10.9 Å². The fourth-order valence-electron chi connectivity index (χ4n) is 2.51. The Morgan fingerprint density at radius 2 is 2.04 bits per heavy atom. The Bertz CT molecular complexity index is 1120. The molecular formula is C18H12BrFN4O2S. The summed E-state index contributed by atoms with van der Waals surface area (Å²) >= 11 is 4.57. The topological polar surface area (TPSA) is 73.0 Å². The molecule has 1 aromatic carbocycles. The highest BCUT2D eigenvalue weighted by Crippen LogP contribution is 2.28. The van der Waals surface area contributed by atoms with Gasteiger partial charge in [-0.3, -0.25) is 9.36 Å². The molecule has 27 heavy (non-hydrogen) atoms. The van der Waals surface area contributed by atoms with E-state index < -0.39 is 5.91 Å². The first-order valence-electron chi connectivity index (χ1n) is 7.84. The molecule has 0 unspecified atom stereocenters. The molecule has 6 nitrogen and oxygen atoms in total. The fraction of sp³-hybridized carbons (Fsp3) is 0.0556. The highest BCUT2D eigenvalue weighted by atomic mass is 79.9. The van der Waals surface area contributed by atoms with Gasteiger partial charge in [-0.15, -0.1) is 11.3 Å². The molecule has 0 aliphatic carbocycles. The van der Waals surface area contributed by atoms with Crippen LogP contribution in [0, 0.1) is 12.7 Å². The van der Waals surface area contributed by atoms with Crippen LogP contribution >= 0.6 is 27.3 Å². The number of carbonyl (C=O) groups is 1. The zero-order valence-corrected chi connectivity index (χ0v) is 16.3. The summed E-state index contributed by atoms with van der Waals surface area (Å²) in [5.74, 6) is 0.640. The minimum absolute atomic E-state index is 0.179. The second-order valence-corrected chi connectivity index (χ2v) is 7.22. The second-order valence-electron chi connectivity index (χ2n) is 5.61. The van der Waals surface area contributed by atoms with E-state index in [-0.39, 0.29) is 11.6 Å². The van der Waals surface area contributed by atoms with Crippen molar-refractivity contribution in [2.75, 3.05) is 5.32 Å². The average molecular weight is 447 g/mol. The van der Waals surface area contributed by atoms with Crippen LogP contribution in [0.15, 0.2) is 57.1 Å². The van der Waals surface area contributed by atoms with E-state index >= 15 is 0 Å². The van der Waals surface area contributed by atoms with E-state index in [9.17, 15) is 9.18 Å². The van der Waals surface area contributed by atoms with Gasteiger partial charge >= 0.3 is 0 Å². The first kappa shape index (κ1) is 17.6. The molecule has 0 fully saturated rings. The monoisotopic (exact) mass is 446 g/mol. The Labute approximate surface area is 165 Å². The third kappa shape index (κ3) is 3.56. The number of aromatic nitrogens is 3. The quantitative estimate of drug-likeness (QED) is 0.475. The predicted molar refractivity (Wildman–Crippen MR) is 104 cm³/mol. The maximum absolute atomic E-state index is 13.1. The molecule has 1 amide bonds. The lowest BCUT2D eigenvalue weighted by atomic mass is 10.2. The third-order valence-corrected chi connectivity index (χ3v) is 5.05. The zero-order valence-electron chi connectivity index (χ0n) is 13.9. The highest BCUT2D eigenvalue weighted by molar-refractivity contribution is 9.10. The van der Waals surface area contributed by atoms with Gasteiger partial charge in [0.25, 0.3) is 5.91 Å². The predicted octanol–water partition coefficient (Wildman–Crippen LogP) is 5.05. The van der Waals surface area contributed by atoms with Crippen molar-refractivity contribution in [3.8, 4) is 16.4 Å². The zero-order chi connectivity index (χ0) is 19.0. The number of benzene rings is 1. The van der Waals surface area contributed by atoms with E-state index in [2.05, 4.69) is 31.2 Å². The van der Waals surface area contributed by atoms with Crippen LogP contribution in [0.5, 0.6) is 0 Å². The van der Waals surface area contributed by atoms with E-state index in [0.717, 1.165) is 11.3 Å². The van der Waals surface area contributed by atoms with Gasteiger partial charge in [0.2, 0.25) is 0 Å². The smallest absolute Gasteiger partial charge is 0.292 e. The maximum Gasteiger partial charge on any atom is 0.292 e. The molecule has 3 heterocycles.